The number of nitrogens with zero attached hydrogens (tertiary/aromatic N) is 1. The van der Waals surface area contributed by atoms with Gasteiger partial charge in [0.05, 0.1) is 41.5 Å². The number of carboxylic acids is 1. The minimum Gasteiger partial charge on any atom is -0.504 e. The number of nitrogens with one attached hydrogen (secondary N) is 5. The van der Waals surface area contributed by atoms with Gasteiger partial charge in [-0.3, -0.25) is 28.8 Å². The summed E-state index contributed by atoms with van der Waals surface area (Å²) in [4.78, 5) is 88.5. The third kappa shape index (κ3) is 11.1. The number of nitrogens with two attached hydrogens (primary N) is 1. The van der Waals surface area contributed by atoms with Crippen LogP contribution in [0.25, 0.3) is 0 Å². The van der Waals surface area contributed by atoms with E-state index in [9.17, 15) is 38.7 Å². The summed E-state index contributed by atoms with van der Waals surface area (Å²) in [5.41, 5.74) is 6.86. The van der Waals surface area contributed by atoms with E-state index in [1.54, 1.807) is 6.07 Å². The molecule has 5 aromatic carbocycles. The molecule has 6 amide bonds. The van der Waals surface area contributed by atoms with Crippen LogP contribution in [0.15, 0.2) is 109 Å². The van der Waals surface area contributed by atoms with Gasteiger partial charge in [-0.2, -0.15) is 5.26 Å². The first-order chi connectivity index (χ1) is 28.8. The maximum atomic E-state index is 13.3. The molecular weight excluding hydrogens is 775 g/mol. The maximum Gasteiger partial charge on any atom is 0.335 e. The highest BCUT2D eigenvalue weighted by Crippen LogP contribution is 2.38. The van der Waals surface area contributed by atoms with Crippen molar-refractivity contribution >= 4 is 64.2 Å². The van der Waals surface area contributed by atoms with Gasteiger partial charge in [-0.15, -0.1) is 0 Å². The Morgan fingerprint density at radius 2 is 1.27 bits per heavy atom. The lowest BCUT2D eigenvalue weighted by molar-refractivity contribution is -0.123. The zero-order valence-corrected chi connectivity index (χ0v) is 31.8. The molecule has 0 spiro atoms. The predicted molar refractivity (Wildman–Crippen MR) is 219 cm³/mol. The second-order valence-electron chi connectivity index (χ2n) is 13.0. The van der Waals surface area contributed by atoms with Crippen LogP contribution in [-0.4, -0.2) is 64.3 Å². The zero-order valence-electron chi connectivity index (χ0n) is 31.8. The van der Waals surface area contributed by atoms with Crippen LogP contribution in [0.1, 0.15) is 77.1 Å². The number of carboxylic acid groups (broad SMARTS) is 1. The van der Waals surface area contributed by atoms with Crippen molar-refractivity contribution in [2.45, 2.75) is 25.8 Å². The van der Waals surface area contributed by atoms with Gasteiger partial charge < -0.3 is 47.3 Å². The predicted octanol–water partition coefficient (Wildman–Crippen LogP) is 5.12. The van der Waals surface area contributed by atoms with Crippen LogP contribution in [-0.2, 0) is 9.59 Å². The van der Waals surface area contributed by atoms with Gasteiger partial charge in [-0.25, -0.2) is 4.79 Å². The van der Waals surface area contributed by atoms with Crippen molar-refractivity contribution in [2.75, 3.05) is 27.9 Å². The van der Waals surface area contributed by atoms with Gasteiger partial charge in [0.25, 0.3) is 23.6 Å². The molecule has 0 saturated carbocycles. The first-order valence-corrected chi connectivity index (χ1v) is 18.1. The van der Waals surface area contributed by atoms with Gasteiger partial charge in [0.2, 0.25) is 11.8 Å². The van der Waals surface area contributed by atoms with Crippen LogP contribution >= 0.6 is 0 Å². The van der Waals surface area contributed by atoms with Crippen molar-refractivity contribution in [2.24, 2.45) is 5.73 Å². The molecule has 0 heterocycles. The molecule has 0 fully saturated rings. The van der Waals surface area contributed by atoms with Crippen LogP contribution < -0.4 is 37.1 Å². The van der Waals surface area contributed by atoms with Crippen molar-refractivity contribution in [3.63, 3.8) is 0 Å². The normalized spacial score (nSPS) is 10.9. The molecule has 0 aliphatic carbocycles. The fourth-order valence-electron chi connectivity index (χ4n) is 5.52. The average molecular weight is 812 g/mol. The van der Waals surface area contributed by atoms with Crippen LogP contribution in [0.3, 0.4) is 0 Å². The van der Waals surface area contributed by atoms with E-state index in [0.717, 1.165) is 0 Å². The topological polar surface area (TPSA) is 279 Å². The Kier molecular flexibility index (Phi) is 13.9. The van der Waals surface area contributed by atoms with Gasteiger partial charge >= 0.3 is 5.97 Å². The van der Waals surface area contributed by atoms with Crippen molar-refractivity contribution < 1.29 is 48.5 Å². The summed E-state index contributed by atoms with van der Waals surface area (Å²) in [6.07, 6.45) is -0.0199. The smallest absolute Gasteiger partial charge is 0.335 e. The average Bonchev–Trinajstić information content (AvgIpc) is 3.23. The lowest BCUT2D eigenvalue weighted by atomic mass is 10.1. The molecule has 0 aliphatic heterocycles. The van der Waals surface area contributed by atoms with E-state index in [4.69, 9.17) is 20.8 Å². The van der Waals surface area contributed by atoms with E-state index < -0.39 is 59.6 Å². The first-order valence-electron chi connectivity index (χ1n) is 18.1. The van der Waals surface area contributed by atoms with Gasteiger partial charge in [0.15, 0.2) is 11.5 Å². The van der Waals surface area contributed by atoms with E-state index in [1.165, 1.54) is 103 Å². The van der Waals surface area contributed by atoms with Crippen molar-refractivity contribution in [3.05, 3.63) is 143 Å². The number of hydrogen-bond donors (Lipinski definition) is 8. The van der Waals surface area contributed by atoms with E-state index in [0.29, 0.717) is 12.0 Å². The highest BCUT2D eigenvalue weighted by Gasteiger charge is 2.25. The molecule has 0 aliphatic rings. The molecule has 5 aromatic rings. The number of primary amides is 1. The summed E-state index contributed by atoms with van der Waals surface area (Å²) in [7, 11) is 0. The number of ether oxygens (including phenoxy) is 1. The monoisotopic (exact) mass is 811 g/mol. The number of carbonyl (C=O) groups excluding carboxylic acids is 6. The van der Waals surface area contributed by atoms with Crippen LogP contribution in [0, 0.1) is 11.3 Å². The molecule has 17 heteroatoms. The number of nitriles is 1. The number of anilines is 4. The Hall–Kier alpha value is -8.52. The molecule has 17 nitrogen and oxygen atoms in total. The summed E-state index contributed by atoms with van der Waals surface area (Å²) in [6, 6.07) is 26.0. The fourth-order valence-corrected chi connectivity index (χ4v) is 5.52. The number of hydrogen-bond acceptors (Lipinski definition) is 10. The Labute approximate surface area is 342 Å². The Morgan fingerprint density at radius 3 is 1.87 bits per heavy atom. The van der Waals surface area contributed by atoms with Crippen molar-refractivity contribution in [1.29, 1.82) is 5.26 Å². The van der Waals surface area contributed by atoms with E-state index >= 15 is 0 Å². The third-order valence-electron chi connectivity index (χ3n) is 8.57. The number of phenols is 1. The first kappa shape index (κ1) is 42.6. The van der Waals surface area contributed by atoms with Gasteiger partial charge in [0, 0.05) is 33.8 Å². The highest BCUT2D eigenvalue weighted by atomic mass is 16.5. The van der Waals surface area contributed by atoms with Crippen molar-refractivity contribution in [1.82, 2.24) is 5.32 Å². The van der Waals surface area contributed by atoms with Crippen LogP contribution in [0.5, 0.6) is 11.5 Å². The van der Waals surface area contributed by atoms with E-state index in [2.05, 4.69) is 26.6 Å². The van der Waals surface area contributed by atoms with E-state index in [-0.39, 0.29) is 62.9 Å². The lowest BCUT2D eigenvalue weighted by Crippen LogP contribution is -2.46. The number of phenolic OH excluding ortho intramolecular Hbond substituents is 1. The summed E-state index contributed by atoms with van der Waals surface area (Å²) >= 11 is 0. The van der Waals surface area contributed by atoms with Gasteiger partial charge in [-0.1, -0.05) is 13.0 Å². The fraction of sp³-hybridized carbons (Fsp3) is 0.116. The SMILES string of the molecule is CCCOc1c(NC(=O)c2ccc(NC(=O)[C@H](CC(N)=O)NC(=O)c3cccc(NC(=O)c4ccc(C#N)cc4)c3)cc2)ccc(C(=O)Nc2ccc(C(=O)O)cc2)c1O. The molecule has 9 N–H and O–H groups in total. The van der Waals surface area contributed by atoms with Crippen LogP contribution in [0.2, 0.25) is 0 Å². The molecule has 0 unspecified atom stereocenters. The maximum absolute atomic E-state index is 13.3. The Morgan fingerprint density at radius 1 is 0.683 bits per heavy atom. The van der Waals surface area contributed by atoms with Crippen molar-refractivity contribution in [3.8, 4) is 17.6 Å². The number of aromatic hydroxyl groups is 1. The molecular formula is C43H37N7O10. The number of amides is 6. The molecule has 0 aromatic heterocycles. The quantitative estimate of drug-likeness (QED) is 0.0647. The third-order valence-corrected chi connectivity index (χ3v) is 8.57. The number of aromatic carboxylic acids is 1. The number of benzene rings is 5. The summed E-state index contributed by atoms with van der Waals surface area (Å²) in [5.74, 6) is -6.10. The number of carbonyl (C=O) groups is 7. The summed E-state index contributed by atoms with van der Waals surface area (Å²) in [5, 5.41) is 42.1. The minimum absolute atomic E-state index is 0.0212. The Balaban J connectivity index is 1.23. The zero-order chi connectivity index (χ0) is 43.3. The lowest BCUT2D eigenvalue weighted by Gasteiger charge is -2.18. The molecule has 1 atom stereocenters. The molecule has 0 radical (unpaired) electrons. The minimum atomic E-state index is -1.41. The standard InChI is InChI=1S/C43H37N7O10/c1-2-20-60-37-33(19-18-32(36(37)52)41(56)46-29-16-12-27(13-17-29)43(58)59)49-39(54)26-10-14-30(15-11-26)47-42(57)34(22-35(45)51)50-40(55)28-4-3-5-31(21-28)48-38(53)25-8-6-24(23-44)7-9-25/h3-19,21,34,52H,2,20,22H2,1H3,(H2,45,51)(H,46,56)(H,47,57)(H,48,53)(H,49,54)(H,50,55)(H,58,59)/t34-/m0/s1. The largest absolute Gasteiger partial charge is 0.504 e. The van der Waals surface area contributed by atoms with Gasteiger partial charge in [-0.05, 0) is 110 Å². The summed E-state index contributed by atoms with van der Waals surface area (Å²) in [6.45, 7) is 1.95. The Bertz CT molecular complexity index is 2500. The number of rotatable bonds is 16. The van der Waals surface area contributed by atoms with Crippen LogP contribution in [0.4, 0.5) is 22.7 Å². The molecule has 60 heavy (non-hydrogen) atoms. The van der Waals surface area contributed by atoms with E-state index in [1.807, 2.05) is 13.0 Å². The summed E-state index contributed by atoms with van der Waals surface area (Å²) < 4.78 is 5.70. The molecule has 304 valence electrons. The van der Waals surface area contributed by atoms with Gasteiger partial charge in [0.1, 0.15) is 6.04 Å². The second-order valence-corrected chi connectivity index (χ2v) is 13.0. The molecule has 0 bridgehead atoms. The molecule has 0 saturated heterocycles. The highest BCUT2D eigenvalue weighted by molar-refractivity contribution is 6.10. The second kappa shape index (κ2) is 19.6. The molecule has 5 rings (SSSR count).